The second kappa shape index (κ2) is 11.2. The summed E-state index contributed by atoms with van der Waals surface area (Å²) in [6.07, 6.45) is 13.4. The number of allylic oxidation sites excluding steroid dienone is 8. The smallest absolute Gasteiger partial charge is 0.218 e. The van der Waals surface area contributed by atoms with Crippen molar-refractivity contribution >= 4 is 28.5 Å². The van der Waals surface area contributed by atoms with E-state index in [0.29, 0.717) is 0 Å². The predicted molar refractivity (Wildman–Crippen MR) is 178 cm³/mol. The molecule has 7 rings (SSSR count). The first-order chi connectivity index (χ1) is 20.7. The molecule has 4 aromatic carbocycles. The van der Waals surface area contributed by atoms with Crippen molar-refractivity contribution in [2.24, 2.45) is 0 Å². The first kappa shape index (κ1) is 26.0. The van der Waals surface area contributed by atoms with Gasteiger partial charge in [0.15, 0.2) is 0 Å². The standard InChI is InChI=1S/C39H36N3/c1-40-35(27-31-13-9-11-19-37(31)40)25-23-29-21-22-30(24-26-36-28-32-14-10-12-20-38(32)41(36)2)39(29)42(33-15-5-3-6-16-33)34-17-7-4-8-18-34/h3-20,23-26H,21-22,27-28H2,1-2H3/q+1. The molecule has 3 nitrogen and oxygen atoms in total. The molecule has 0 amide bonds. The number of benzene rings is 4. The summed E-state index contributed by atoms with van der Waals surface area (Å²) in [6, 6.07) is 39.0. The fraction of sp³-hybridized carbons (Fsp3) is 0.154. The number of fused-ring (bicyclic) bond motifs is 2. The van der Waals surface area contributed by atoms with Gasteiger partial charge in [0.2, 0.25) is 17.1 Å². The van der Waals surface area contributed by atoms with E-state index in [1.54, 1.807) is 0 Å². The van der Waals surface area contributed by atoms with E-state index in [-0.39, 0.29) is 0 Å². The zero-order valence-corrected chi connectivity index (χ0v) is 24.4. The van der Waals surface area contributed by atoms with Crippen LogP contribution in [-0.2, 0) is 12.8 Å². The van der Waals surface area contributed by atoms with Crippen LogP contribution < -0.4 is 14.4 Å². The molecule has 42 heavy (non-hydrogen) atoms. The van der Waals surface area contributed by atoms with Gasteiger partial charge in [0.05, 0.1) is 0 Å². The van der Waals surface area contributed by atoms with Gasteiger partial charge in [-0.15, -0.1) is 0 Å². The van der Waals surface area contributed by atoms with E-state index in [4.69, 9.17) is 0 Å². The minimum absolute atomic E-state index is 0.967. The average Bonchev–Trinajstić information content (AvgIpc) is 3.69. The van der Waals surface area contributed by atoms with Crippen LogP contribution in [0.15, 0.2) is 156 Å². The highest BCUT2D eigenvalue weighted by Gasteiger charge is 2.32. The summed E-state index contributed by atoms with van der Waals surface area (Å²) in [7, 11) is 4.37. The Morgan fingerprint density at radius 3 is 1.33 bits per heavy atom. The Morgan fingerprint density at radius 1 is 0.500 bits per heavy atom. The van der Waals surface area contributed by atoms with Crippen molar-refractivity contribution in [3.8, 4) is 0 Å². The zero-order valence-electron chi connectivity index (χ0n) is 24.4. The van der Waals surface area contributed by atoms with Gasteiger partial charge in [-0.25, -0.2) is 0 Å². The van der Waals surface area contributed by atoms with Crippen molar-refractivity contribution in [2.45, 2.75) is 25.7 Å². The Kier molecular flexibility index (Phi) is 6.93. The van der Waals surface area contributed by atoms with E-state index in [2.05, 4.69) is 162 Å². The van der Waals surface area contributed by atoms with E-state index in [1.807, 2.05) is 0 Å². The topological polar surface area (TPSA) is 9.49 Å². The molecule has 1 fully saturated rings. The number of hydrogen-bond donors (Lipinski definition) is 0. The summed E-state index contributed by atoms with van der Waals surface area (Å²) in [5, 5.41) is 0. The Hall–Kier alpha value is -4.89. The molecule has 0 atom stereocenters. The number of hydrogen-bond acceptors (Lipinski definition) is 2. The number of para-hydroxylation sites is 4. The summed E-state index contributed by atoms with van der Waals surface area (Å²) in [6.45, 7) is 0. The third kappa shape index (κ3) is 4.81. The van der Waals surface area contributed by atoms with Gasteiger partial charge < -0.3 is 9.80 Å². The van der Waals surface area contributed by atoms with E-state index in [9.17, 15) is 0 Å². The van der Waals surface area contributed by atoms with E-state index < -0.39 is 0 Å². The van der Waals surface area contributed by atoms with Crippen molar-refractivity contribution in [1.29, 1.82) is 0 Å². The first-order valence-corrected chi connectivity index (χ1v) is 14.9. The second-order valence-electron chi connectivity index (χ2n) is 11.3. The zero-order chi connectivity index (χ0) is 28.5. The first-order valence-electron chi connectivity index (χ1n) is 14.9. The molecular formula is C39H36N3+. The molecule has 2 heterocycles. The summed E-state index contributed by atoms with van der Waals surface area (Å²) in [5.41, 5.74) is 14.4. The predicted octanol–water partition coefficient (Wildman–Crippen LogP) is 8.76. The van der Waals surface area contributed by atoms with Gasteiger partial charge in [-0.05, 0) is 48.3 Å². The Bertz CT molecular complexity index is 1660. The molecule has 3 aliphatic rings. The van der Waals surface area contributed by atoms with E-state index in [1.165, 1.54) is 62.1 Å². The SMILES string of the molecule is CN1C(=CC=C2CCC(=CC=C3Cc4ccccc4N3C)C2=[N+](c2ccccc2)c2ccccc2)Cc2ccccc21. The van der Waals surface area contributed by atoms with Crippen molar-refractivity contribution < 1.29 is 0 Å². The molecule has 0 spiro atoms. The number of rotatable bonds is 4. The Balaban J connectivity index is 1.36. The Labute approximate surface area is 249 Å². The van der Waals surface area contributed by atoms with Crippen LogP contribution in [0.5, 0.6) is 0 Å². The number of anilines is 2. The monoisotopic (exact) mass is 546 g/mol. The second-order valence-corrected chi connectivity index (χ2v) is 11.3. The molecule has 4 aromatic rings. The van der Waals surface area contributed by atoms with Crippen LogP contribution in [0.2, 0.25) is 0 Å². The average molecular weight is 547 g/mol. The fourth-order valence-electron chi connectivity index (χ4n) is 6.53. The van der Waals surface area contributed by atoms with Crippen LogP contribution in [0.25, 0.3) is 0 Å². The highest BCUT2D eigenvalue weighted by atomic mass is 15.1. The van der Waals surface area contributed by atoms with Gasteiger partial charge in [0.1, 0.15) is 0 Å². The van der Waals surface area contributed by atoms with Gasteiger partial charge in [-0.3, -0.25) is 0 Å². The third-order valence-corrected chi connectivity index (χ3v) is 8.79. The van der Waals surface area contributed by atoms with Crippen LogP contribution in [0, 0.1) is 0 Å². The van der Waals surface area contributed by atoms with Crippen molar-refractivity contribution in [3.63, 3.8) is 0 Å². The van der Waals surface area contributed by atoms with Crippen LogP contribution in [0.4, 0.5) is 22.7 Å². The molecule has 3 heteroatoms. The molecule has 0 unspecified atom stereocenters. The largest absolute Gasteiger partial charge is 0.348 e. The van der Waals surface area contributed by atoms with Gasteiger partial charge >= 0.3 is 0 Å². The molecule has 0 saturated heterocycles. The van der Waals surface area contributed by atoms with Gasteiger partial charge in [-0.1, -0.05) is 84.9 Å². The molecule has 2 aliphatic heterocycles. The minimum Gasteiger partial charge on any atom is -0.348 e. The summed E-state index contributed by atoms with van der Waals surface area (Å²) >= 11 is 0. The van der Waals surface area contributed by atoms with E-state index in [0.717, 1.165) is 25.7 Å². The lowest BCUT2D eigenvalue weighted by atomic mass is 10.1. The molecule has 1 saturated carbocycles. The van der Waals surface area contributed by atoms with Crippen LogP contribution in [0.3, 0.4) is 0 Å². The maximum atomic E-state index is 2.45. The van der Waals surface area contributed by atoms with Crippen molar-refractivity contribution in [2.75, 3.05) is 23.9 Å². The molecule has 206 valence electrons. The molecule has 0 bridgehead atoms. The highest BCUT2D eigenvalue weighted by molar-refractivity contribution is 6.17. The molecular weight excluding hydrogens is 510 g/mol. The van der Waals surface area contributed by atoms with Gasteiger partial charge in [0, 0.05) is 85.1 Å². The summed E-state index contributed by atoms with van der Waals surface area (Å²) in [4.78, 5) is 4.67. The molecule has 0 radical (unpaired) electrons. The molecule has 0 N–H and O–H groups in total. The third-order valence-electron chi connectivity index (χ3n) is 8.79. The highest BCUT2D eigenvalue weighted by Crippen LogP contribution is 2.37. The van der Waals surface area contributed by atoms with Crippen LogP contribution in [0.1, 0.15) is 24.0 Å². The fourth-order valence-corrected chi connectivity index (χ4v) is 6.53. The maximum absolute atomic E-state index is 2.45. The van der Waals surface area contributed by atoms with Crippen LogP contribution in [-0.4, -0.2) is 19.8 Å². The maximum Gasteiger partial charge on any atom is 0.218 e. The number of likely N-dealkylation sites (N-methyl/N-ethyl adjacent to an activating group) is 2. The van der Waals surface area contributed by atoms with Gasteiger partial charge in [-0.2, -0.15) is 4.58 Å². The van der Waals surface area contributed by atoms with Crippen LogP contribution >= 0.6 is 0 Å². The normalized spacial score (nSPS) is 19.8. The van der Waals surface area contributed by atoms with Crippen molar-refractivity contribution in [3.05, 3.63) is 167 Å². The summed E-state index contributed by atoms with van der Waals surface area (Å²) < 4.78 is 2.45. The van der Waals surface area contributed by atoms with Gasteiger partial charge in [0.25, 0.3) is 0 Å². The molecule has 1 aliphatic carbocycles. The summed E-state index contributed by atoms with van der Waals surface area (Å²) in [5.74, 6) is 0. The quantitative estimate of drug-likeness (QED) is 0.237. The lowest BCUT2D eigenvalue weighted by molar-refractivity contribution is 1.05. The van der Waals surface area contributed by atoms with Crippen molar-refractivity contribution in [1.82, 2.24) is 4.58 Å². The minimum atomic E-state index is 0.967. The Morgan fingerprint density at radius 2 is 0.905 bits per heavy atom. The van der Waals surface area contributed by atoms with E-state index >= 15 is 0 Å². The number of nitrogens with zero attached hydrogens (tertiary/aromatic N) is 3. The lowest BCUT2D eigenvalue weighted by Gasteiger charge is -2.14. The lowest BCUT2D eigenvalue weighted by Crippen LogP contribution is -2.18. The molecule has 0 aromatic heterocycles.